The van der Waals surface area contributed by atoms with Crippen LogP contribution in [-0.2, 0) is 0 Å². The Labute approximate surface area is 115 Å². The molecular formula is C15H26N2S. The van der Waals surface area contributed by atoms with Crippen LogP contribution in [0.4, 0.5) is 0 Å². The summed E-state index contributed by atoms with van der Waals surface area (Å²) in [7, 11) is 6.59. The zero-order valence-electron chi connectivity index (χ0n) is 12.1. The number of nitrogens with one attached hydrogen (secondary N) is 1. The summed E-state index contributed by atoms with van der Waals surface area (Å²) in [4.78, 5) is 3.93. The van der Waals surface area contributed by atoms with Crippen LogP contribution < -0.4 is 5.32 Å². The highest BCUT2D eigenvalue weighted by atomic mass is 32.1. The van der Waals surface area contributed by atoms with E-state index in [-0.39, 0.29) is 5.54 Å². The predicted octanol–water partition coefficient (Wildman–Crippen LogP) is 3.52. The molecule has 1 fully saturated rings. The molecule has 0 amide bonds. The SMILES string of the molecule is CNC(c1cccs1)C1(N(C)C)CCC(C)CC1. The van der Waals surface area contributed by atoms with Crippen molar-refractivity contribution in [2.24, 2.45) is 5.92 Å². The summed E-state index contributed by atoms with van der Waals surface area (Å²) in [6.45, 7) is 2.39. The second kappa shape index (κ2) is 5.72. The molecule has 0 spiro atoms. The van der Waals surface area contributed by atoms with Gasteiger partial charge in [0.1, 0.15) is 0 Å². The first kappa shape index (κ1) is 14.0. The molecule has 1 aromatic rings. The summed E-state index contributed by atoms with van der Waals surface area (Å²) in [5.41, 5.74) is 0.284. The van der Waals surface area contributed by atoms with E-state index in [0.717, 1.165) is 5.92 Å². The summed E-state index contributed by atoms with van der Waals surface area (Å²) in [5.74, 6) is 0.888. The summed E-state index contributed by atoms with van der Waals surface area (Å²) < 4.78 is 0. The van der Waals surface area contributed by atoms with Crippen LogP contribution in [0.1, 0.15) is 43.5 Å². The quantitative estimate of drug-likeness (QED) is 0.897. The monoisotopic (exact) mass is 266 g/mol. The Morgan fingerprint density at radius 2 is 2.06 bits per heavy atom. The van der Waals surface area contributed by atoms with Gasteiger partial charge in [-0.25, -0.2) is 0 Å². The Kier molecular flexibility index (Phi) is 4.46. The van der Waals surface area contributed by atoms with Crippen molar-refractivity contribution in [3.8, 4) is 0 Å². The second-order valence-corrected chi connectivity index (χ2v) is 6.90. The Hall–Kier alpha value is -0.380. The van der Waals surface area contributed by atoms with E-state index in [1.807, 2.05) is 11.3 Å². The number of nitrogens with zero attached hydrogens (tertiary/aromatic N) is 1. The average Bonchev–Trinajstić information content (AvgIpc) is 2.86. The van der Waals surface area contributed by atoms with Crippen molar-refractivity contribution in [2.75, 3.05) is 21.1 Å². The predicted molar refractivity (Wildman–Crippen MR) is 80.2 cm³/mol. The van der Waals surface area contributed by atoms with E-state index in [1.54, 1.807) is 0 Å². The third-order valence-corrected chi connectivity index (χ3v) is 5.62. The summed E-state index contributed by atoms with van der Waals surface area (Å²) >= 11 is 1.88. The molecule has 1 saturated carbocycles. The lowest BCUT2D eigenvalue weighted by molar-refractivity contribution is 0.0467. The highest BCUT2D eigenvalue weighted by molar-refractivity contribution is 7.10. The van der Waals surface area contributed by atoms with E-state index in [4.69, 9.17) is 0 Å². The zero-order valence-corrected chi connectivity index (χ0v) is 12.9. The van der Waals surface area contributed by atoms with Crippen LogP contribution in [0.2, 0.25) is 0 Å². The van der Waals surface area contributed by atoms with Crippen LogP contribution in [0.15, 0.2) is 17.5 Å². The third kappa shape index (κ3) is 2.49. The Morgan fingerprint density at radius 3 is 2.50 bits per heavy atom. The lowest BCUT2D eigenvalue weighted by Crippen LogP contribution is -2.54. The summed E-state index contributed by atoms with van der Waals surface area (Å²) in [6.07, 6.45) is 5.29. The smallest absolute Gasteiger partial charge is 0.0599 e. The van der Waals surface area contributed by atoms with Crippen LogP contribution in [0.25, 0.3) is 0 Å². The largest absolute Gasteiger partial charge is 0.311 e. The first-order valence-corrected chi connectivity index (χ1v) is 7.86. The van der Waals surface area contributed by atoms with Crippen molar-refractivity contribution in [3.05, 3.63) is 22.4 Å². The van der Waals surface area contributed by atoms with E-state index in [2.05, 4.69) is 55.8 Å². The first-order valence-electron chi connectivity index (χ1n) is 6.98. The second-order valence-electron chi connectivity index (χ2n) is 5.92. The molecule has 2 nitrogen and oxygen atoms in total. The first-order chi connectivity index (χ1) is 8.60. The van der Waals surface area contributed by atoms with Gasteiger partial charge in [0, 0.05) is 10.4 Å². The van der Waals surface area contributed by atoms with Crippen LogP contribution in [0.5, 0.6) is 0 Å². The van der Waals surface area contributed by atoms with Gasteiger partial charge in [0.15, 0.2) is 0 Å². The van der Waals surface area contributed by atoms with Crippen LogP contribution >= 0.6 is 11.3 Å². The third-order valence-electron chi connectivity index (χ3n) is 4.68. The van der Waals surface area contributed by atoms with E-state index >= 15 is 0 Å². The van der Waals surface area contributed by atoms with E-state index in [9.17, 15) is 0 Å². The lowest BCUT2D eigenvalue weighted by atomic mass is 9.71. The summed E-state index contributed by atoms with van der Waals surface area (Å²) in [5, 5.41) is 5.77. The van der Waals surface area contributed by atoms with Gasteiger partial charge in [0.25, 0.3) is 0 Å². The van der Waals surface area contributed by atoms with E-state index in [1.165, 1.54) is 30.6 Å². The fourth-order valence-corrected chi connectivity index (χ4v) is 4.33. The maximum absolute atomic E-state index is 3.58. The van der Waals surface area contributed by atoms with Gasteiger partial charge in [-0.1, -0.05) is 13.0 Å². The minimum absolute atomic E-state index is 0.284. The van der Waals surface area contributed by atoms with Crippen molar-refractivity contribution >= 4 is 11.3 Å². The van der Waals surface area contributed by atoms with Crippen LogP contribution in [0.3, 0.4) is 0 Å². The molecule has 1 heterocycles. The van der Waals surface area contributed by atoms with Crippen molar-refractivity contribution in [2.45, 2.75) is 44.2 Å². The molecule has 0 aliphatic heterocycles. The van der Waals surface area contributed by atoms with Gasteiger partial charge in [0.2, 0.25) is 0 Å². The molecule has 3 heteroatoms. The van der Waals surface area contributed by atoms with Crippen LogP contribution in [-0.4, -0.2) is 31.6 Å². The van der Waals surface area contributed by atoms with Gasteiger partial charge >= 0.3 is 0 Å². The molecule has 0 radical (unpaired) electrons. The minimum atomic E-state index is 0.284. The molecule has 1 atom stereocenters. The number of rotatable bonds is 4. The summed E-state index contributed by atoms with van der Waals surface area (Å²) in [6, 6.07) is 4.90. The normalized spacial score (nSPS) is 30.6. The van der Waals surface area contributed by atoms with E-state index < -0.39 is 0 Å². The molecule has 18 heavy (non-hydrogen) atoms. The Morgan fingerprint density at radius 1 is 1.39 bits per heavy atom. The Bertz CT molecular complexity index is 351. The van der Waals surface area contributed by atoms with Crippen molar-refractivity contribution in [3.63, 3.8) is 0 Å². The van der Waals surface area contributed by atoms with Gasteiger partial charge < -0.3 is 10.2 Å². The van der Waals surface area contributed by atoms with Crippen LogP contribution in [0, 0.1) is 5.92 Å². The highest BCUT2D eigenvalue weighted by Crippen LogP contribution is 2.44. The topological polar surface area (TPSA) is 15.3 Å². The lowest BCUT2D eigenvalue weighted by Gasteiger charge is -2.49. The zero-order chi connectivity index (χ0) is 13.2. The fraction of sp³-hybridized carbons (Fsp3) is 0.733. The van der Waals surface area contributed by atoms with Crippen molar-refractivity contribution in [1.29, 1.82) is 0 Å². The van der Waals surface area contributed by atoms with Gasteiger partial charge in [-0.15, -0.1) is 11.3 Å². The number of likely N-dealkylation sites (N-methyl/N-ethyl adjacent to an activating group) is 2. The Balaban J connectivity index is 2.28. The number of hydrogen-bond acceptors (Lipinski definition) is 3. The molecule has 0 aromatic carbocycles. The van der Waals surface area contributed by atoms with Crippen molar-refractivity contribution < 1.29 is 0 Å². The molecular weight excluding hydrogens is 240 g/mol. The molecule has 0 saturated heterocycles. The number of hydrogen-bond donors (Lipinski definition) is 1. The van der Waals surface area contributed by atoms with Gasteiger partial charge in [0.05, 0.1) is 6.04 Å². The molecule has 1 aliphatic carbocycles. The molecule has 0 bridgehead atoms. The molecule has 1 aromatic heterocycles. The fourth-order valence-electron chi connectivity index (χ4n) is 3.39. The van der Waals surface area contributed by atoms with Crippen molar-refractivity contribution in [1.82, 2.24) is 10.2 Å². The molecule has 1 N–H and O–H groups in total. The van der Waals surface area contributed by atoms with Gasteiger partial charge in [-0.05, 0) is 64.2 Å². The van der Waals surface area contributed by atoms with Gasteiger partial charge in [-0.2, -0.15) is 0 Å². The van der Waals surface area contributed by atoms with E-state index in [0.29, 0.717) is 6.04 Å². The van der Waals surface area contributed by atoms with Gasteiger partial charge in [-0.3, -0.25) is 0 Å². The average molecular weight is 266 g/mol. The highest BCUT2D eigenvalue weighted by Gasteiger charge is 2.43. The molecule has 102 valence electrons. The number of thiophene rings is 1. The molecule has 1 aliphatic rings. The molecule has 1 unspecified atom stereocenters. The maximum atomic E-state index is 3.58. The maximum Gasteiger partial charge on any atom is 0.0599 e. The molecule has 2 rings (SSSR count). The standard InChI is InChI=1S/C15H26N2S/c1-12-7-9-15(10-8-12,17(3)4)14(16-2)13-6-5-11-18-13/h5-6,11-12,14,16H,7-10H2,1-4H3. The minimum Gasteiger partial charge on any atom is -0.311 e.